The van der Waals surface area contributed by atoms with E-state index in [-0.39, 0.29) is 17.9 Å². The number of hydrogen-bond acceptors (Lipinski definition) is 2. The quantitative estimate of drug-likeness (QED) is 0.749. The van der Waals surface area contributed by atoms with Gasteiger partial charge in [0.15, 0.2) is 0 Å². The van der Waals surface area contributed by atoms with E-state index in [0.29, 0.717) is 0 Å². The van der Waals surface area contributed by atoms with Crippen molar-refractivity contribution < 1.29 is 4.79 Å². The SMILES string of the molecule is NC1CCCCCC1C(=O)Nc1ccc(Br)cc1Br. The molecule has 1 amide bonds. The molecule has 0 aliphatic heterocycles. The molecular weight excluding hydrogens is 372 g/mol. The van der Waals surface area contributed by atoms with E-state index in [4.69, 9.17) is 5.73 Å². The van der Waals surface area contributed by atoms with E-state index < -0.39 is 0 Å². The fourth-order valence-corrected chi connectivity index (χ4v) is 3.62. The number of amides is 1. The summed E-state index contributed by atoms with van der Waals surface area (Å²) in [5.74, 6) is -0.0320. The maximum atomic E-state index is 12.3. The summed E-state index contributed by atoms with van der Waals surface area (Å²) in [6.07, 6.45) is 5.24. The van der Waals surface area contributed by atoms with Crippen LogP contribution in [0, 0.1) is 5.92 Å². The number of carbonyl (C=O) groups excluding carboxylic acids is 1. The molecule has 0 radical (unpaired) electrons. The van der Waals surface area contributed by atoms with Crippen molar-refractivity contribution in [2.24, 2.45) is 11.7 Å². The number of benzene rings is 1. The summed E-state index contributed by atoms with van der Waals surface area (Å²) in [6.45, 7) is 0. The third kappa shape index (κ3) is 4.04. The number of halogens is 2. The first-order valence-electron chi connectivity index (χ1n) is 6.59. The minimum Gasteiger partial charge on any atom is -0.327 e. The standard InChI is InChI=1S/C14H18Br2N2O/c15-9-6-7-13(11(16)8-9)18-14(19)10-4-2-1-3-5-12(10)17/h6-8,10,12H,1-5,17H2,(H,18,19). The van der Waals surface area contributed by atoms with Crippen molar-refractivity contribution in [3.63, 3.8) is 0 Å². The summed E-state index contributed by atoms with van der Waals surface area (Å²) < 4.78 is 1.85. The lowest BCUT2D eigenvalue weighted by molar-refractivity contribution is -0.120. The number of carbonyl (C=O) groups is 1. The second-order valence-electron chi connectivity index (χ2n) is 5.02. The van der Waals surface area contributed by atoms with E-state index >= 15 is 0 Å². The molecule has 1 aromatic rings. The highest BCUT2D eigenvalue weighted by Gasteiger charge is 2.27. The molecule has 1 saturated carbocycles. The first kappa shape index (κ1) is 15.0. The van der Waals surface area contributed by atoms with E-state index in [9.17, 15) is 4.79 Å². The van der Waals surface area contributed by atoms with E-state index in [2.05, 4.69) is 37.2 Å². The van der Waals surface area contributed by atoms with Gasteiger partial charge in [0.1, 0.15) is 0 Å². The molecule has 2 rings (SSSR count). The lowest BCUT2D eigenvalue weighted by Crippen LogP contribution is -2.37. The molecule has 1 aliphatic carbocycles. The van der Waals surface area contributed by atoms with Crippen LogP contribution in [0.5, 0.6) is 0 Å². The molecule has 5 heteroatoms. The fourth-order valence-electron chi connectivity index (χ4n) is 2.48. The van der Waals surface area contributed by atoms with Gasteiger partial charge in [-0.15, -0.1) is 0 Å². The van der Waals surface area contributed by atoms with Crippen molar-refractivity contribution in [2.45, 2.75) is 38.1 Å². The maximum absolute atomic E-state index is 12.3. The minimum atomic E-state index is -0.0713. The largest absolute Gasteiger partial charge is 0.327 e. The Morgan fingerprint density at radius 2 is 1.95 bits per heavy atom. The van der Waals surface area contributed by atoms with E-state index in [1.165, 1.54) is 6.42 Å². The van der Waals surface area contributed by atoms with Crippen LogP contribution in [0.1, 0.15) is 32.1 Å². The first-order valence-corrected chi connectivity index (χ1v) is 8.18. The Balaban J connectivity index is 2.07. The molecule has 0 spiro atoms. The van der Waals surface area contributed by atoms with Gasteiger partial charge < -0.3 is 11.1 Å². The van der Waals surface area contributed by atoms with Gasteiger partial charge >= 0.3 is 0 Å². The van der Waals surface area contributed by atoms with Gasteiger partial charge in [0.05, 0.1) is 11.6 Å². The molecule has 1 aliphatic rings. The molecule has 1 fully saturated rings. The van der Waals surface area contributed by atoms with Crippen LogP contribution in [0.25, 0.3) is 0 Å². The number of anilines is 1. The molecule has 1 aromatic carbocycles. The number of nitrogens with two attached hydrogens (primary N) is 1. The van der Waals surface area contributed by atoms with Crippen LogP contribution in [-0.2, 0) is 4.79 Å². The molecule has 2 atom stereocenters. The highest BCUT2D eigenvalue weighted by atomic mass is 79.9. The highest BCUT2D eigenvalue weighted by molar-refractivity contribution is 9.11. The Bertz CT molecular complexity index is 465. The van der Waals surface area contributed by atoms with Crippen molar-refractivity contribution in [3.8, 4) is 0 Å². The average molecular weight is 390 g/mol. The Labute approximate surface area is 130 Å². The van der Waals surface area contributed by atoms with Crippen LogP contribution >= 0.6 is 31.9 Å². The van der Waals surface area contributed by atoms with Crippen molar-refractivity contribution in [2.75, 3.05) is 5.32 Å². The van der Waals surface area contributed by atoms with Gasteiger partial charge in [-0.05, 0) is 47.0 Å². The van der Waals surface area contributed by atoms with Crippen molar-refractivity contribution in [1.82, 2.24) is 0 Å². The summed E-state index contributed by atoms with van der Waals surface area (Å²) >= 11 is 6.85. The highest BCUT2D eigenvalue weighted by Crippen LogP contribution is 2.28. The Kier molecular flexibility index (Phi) is 5.42. The smallest absolute Gasteiger partial charge is 0.229 e. The zero-order valence-electron chi connectivity index (χ0n) is 10.7. The summed E-state index contributed by atoms with van der Waals surface area (Å²) in [6, 6.07) is 5.70. The molecule has 3 nitrogen and oxygen atoms in total. The predicted molar refractivity (Wildman–Crippen MR) is 85.0 cm³/mol. The van der Waals surface area contributed by atoms with Crippen LogP contribution < -0.4 is 11.1 Å². The van der Waals surface area contributed by atoms with Crippen molar-refractivity contribution in [1.29, 1.82) is 0 Å². The lowest BCUT2D eigenvalue weighted by atomic mass is 9.94. The molecule has 19 heavy (non-hydrogen) atoms. The second kappa shape index (κ2) is 6.86. The summed E-state index contributed by atoms with van der Waals surface area (Å²) in [5, 5.41) is 2.98. The zero-order chi connectivity index (χ0) is 13.8. The number of nitrogens with one attached hydrogen (secondary N) is 1. The van der Waals surface area contributed by atoms with Crippen LogP contribution in [0.15, 0.2) is 27.1 Å². The first-order chi connectivity index (χ1) is 9.08. The van der Waals surface area contributed by atoms with E-state index in [0.717, 1.165) is 40.3 Å². The molecule has 0 bridgehead atoms. The van der Waals surface area contributed by atoms with Crippen molar-refractivity contribution >= 4 is 43.5 Å². The van der Waals surface area contributed by atoms with Gasteiger partial charge in [-0.2, -0.15) is 0 Å². The zero-order valence-corrected chi connectivity index (χ0v) is 13.8. The average Bonchev–Trinajstić information content (AvgIpc) is 2.57. The fraction of sp³-hybridized carbons (Fsp3) is 0.500. The number of rotatable bonds is 2. The van der Waals surface area contributed by atoms with E-state index in [1.807, 2.05) is 18.2 Å². The third-order valence-corrected chi connectivity index (χ3v) is 4.74. The van der Waals surface area contributed by atoms with Gasteiger partial charge in [-0.25, -0.2) is 0 Å². The Morgan fingerprint density at radius 3 is 2.68 bits per heavy atom. The maximum Gasteiger partial charge on any atom is 0.229 e. The Morgan fingerprint density at radius 1 is 1.21 bits per heavy atom. The second-order valence-corrected chi connectivity index (χ2v) is 6.79. The van der Waals surface area contributed by atoms with Gasteiger partial charge in [-0.1, -0.05) is 35.2 Å². The van der Waals surface area contributed by atoms with Crippen LogP contribution in [0.3, 0.4) is 0 Å². The number of hydrogen-bond donors (Lipinski definition) is 2. The van der Waals surface area contributed by atoms with Gasteiger partial charge in [0.25, 0.3) is 0 Å². The summed E-state index contributed by atoms with van der Waals surface area (Å²) in [4.78, 5) is 12.3. The molecule has 0 saturated heterocycles. The molecule has 2 unspecified atom stereocenters. The molecule has 104 valence electrons. The van der Waals surface area contributed by atoms with Crippen molar-refractivity contribution in [3.05, 3.63) is 27.1 Å². The monoisotopic (exact) mass is 388 g/mol. The topological polar surface area (TPSA) is 55.1 Å². The predicted octanol–water partition coefficient (Wildman–Crippen LogP) is 4.06. The normalized spacial score (nSPS) is 23.7. The molecule has 0 heterocycles. The third-order valence-electron chi connectivity index (χ3n) is 3.60. The van der Waals surface area contributed by atoms with Crippen LogP contribution in [-0.4, -0.2) is 11.9 Å². The molecular formula is C14H18Br2N2O. The molecule has 0 aromatic heterocycles. The minimum absolute atomic E-state index is 0.0169. The summed E-state index contributed by atoms with van der Waals surface area (Å²) in [5.41, 5.74) is 6.91. The lowest BCUT2D eigenvalue weighted by Gasteiger charge is -2.21. The van der Waals surface area contributed by atoms with Gasteiger partial charge in [0, 0.05) is 15.0 Å². The van der Waals surface area contributed by atoms with Gasteiger partial charge in [0.2, 0.25) is 5.91 Å². The van der Waals surface area contributed by atoms with Crippen LogP contribution in [0.2, 0.25) is 0 Å². The Hall–Kier alpha value is -0.390. The molecule has 3 N–H and O–H groups in total. The van der Waals surface area contributed by atoms with Crippen LogP contribution in [0.4, 0.5) is 5.69 Å². The summed E-state index contributed by atoms with van der Waals surface area (Å²) in [7, 11) is 0. The van der Waals surface area contributed by atoms with Gasteiger partial charge in [-0.3, -0.25) is 4.79 Å². The van der Waals surface area contributed by atoms with E-state index in [1.54, 1.807) is 0 Å².